The Balaban J connectivity index is 1.66. The zero-order chi connectivity index (χ0) is 24.1. The predicted molar refractivity (Wildman–Crippen MR) is 125 cm³/mol. The number of likely N-dealkylation sites (tertiary alicyclic amines) is 1. The molecule has 1 saturated heterocycles. The van der Waals surface area contributed by atoms with Crippen molar-refractivity contribution >= 4 is 17.7 Å². The van der Waals surface area contributed by atoms with Crippen LogP contribution in [0, 0.1) is 5.82 Å². The highest BCUT2D eigenvalue weighted by Gasteiger charge is 2.54. The van der Waals surface area contributed by atoms with Gasteiger partial charge in [-0.3, -0.25) is 24.3 Å². The molecule has 1 aliphatic rings. The van der Waals surface area contributed by atoms with E-state index in [1.54, 1.807) is 35.5 Å². The summed E-state index contributed by atoms with van der Waals surface area (Å²) in [6.45, 7) is 2.75. The summed E-state index contributed by atoms with van der Waals surface area (Å²) in [7, 11) is 0. The van der Waals surface area contributed by atoms with Crippen LogP contribution in [-0.4, -0.2) is 39.1 Å². The van der Waals surface area contributed by atoms with E-state index < -0.39 is 23.0 Å². The summed E-state index contributed by atoms with van der Waals surface area (Å²) in [5, 5.41) is 0. The second-order valence-electron chi connectivity index (χ2n) is 8.49. The van der Waals surface area contributed by atoms with Crippen LogP contribution in [0.2, 0.25) is 0 Å². The van der Waals surface area contributed by atoms with Crippen LogP contribution in [0.25, 0.3) is 0 Å². The quantitative estimate of drug-likeness (QED) is 0.480. The molecule has 7 heteroatoms. The normalized spacial score (nSPS) is 17.8. The molecule has 4 rings (SSSR count). The maximum Gasteiger partial charge on any atom is 0.241 e. The molecule has 174 valence electrons. The first-order valence-electron chi connectivity index (χ1n) is 11.2. The molecular weight excluding hydrogens is 433 g/mol. The fraction of sp³-hybridized carbons (Fsp3) is 0.259. The summed E-state index contributed by atoms with van der Waals surface area (Å²) in [6, 6.07) is 18.7. The van der Waals surface area contributed by atoms with Gasteiger partial charge in [0.25, 0.3) is 0 Å². The first-order valence-corrected chi connectivity index (χ1v) is 11.2. The lowest BCUT2D eigenvalue weighted by Gasteiger charge is -2.30. The Morgan fingerprint density at radius 3 is 2.50 bits per heavy atom. The highest BCUT2D eigenvalue weighted by atomic mass is 19.1. The topological polar surface area (TPSA) is 70.6 Å². The summed E-state index contributed by atoms with van der Waals surface area (Å²) in [5.41, 5.74) is 0.542. The molecule has 1 atom stereocenters. The molecule has 2 aromatic carbocycles. The Hall–Kier alpha value is -3.87. The summed E-state index contributed by atoms with van der Waals surface area (Å²) in [4.78, 5) is 47.1. The van der Waals surface area contributed by atoms with E-state index in [-0.39, 0.29) is 25.3 Å². The number of benzene rings is 2. The van der Waals surface area contributed by atoms with Crippen LogP contribution < -0.4 is 0 Å². The highest BCUT2D eigenvalue weighted by Crippen LogP contribution is 2.41. The summed E-state index contributed by atoms with van der Waals surface area (Å²) >= 11 is 0. The molecule has 34 heavy (non-hydrogen) atoms. The largest absolute Gasteiger partial charge is 0.339 e. The van der Waals surface area contributed by atoms with Gasteiger partial charge < -0.3 is 4.90 Å². The molecule has 6 nitrogen and oxygen atoms in total. The van der Waals surface area contributed by atoms with Gasteiger partial charge >= 0.3 is 0 Å². The highest BCUT2D eigenvalue weighted by molar-refractivity contribution is 6.10. The Labute approximate surface area is 198 Å². The Bertz CT molecular complexity index is 1190. The van der Waals surface area contributed by atoms with E-state index in [0.717, 1.165) is 10.5 Å². The third kappa shape index (κ3) is 4.73. The molecule has 3 amide bonds. The second kappa shape index (κ2) is 9.95. The molecule has 0 radical (unpaired) electrons. The zero-order valence-electron chi connectivity index (χ0n) is 19.0. The molecule has 0 N–H and O–H groups in total. The van der Waals surface area contributed by atoms with Gasteiger partial charge in [0, 0.05) is 38.3 Å². The van der Waals surface area contributed by atoms with E-state index in [2.05, 4.69) is 4.98 Å². The number of rotatable bonds is 8. The average Bonchev–Trinajstić information content (AvgIpc) is 3.08. The van der Waals surface area contributed by atoms with Crippen molar-refractivity contribution in [2.75, 3.05) is 6.54 Å². The number of hydrogen-bond donors (Lipinski definition) is 0. The Morgan fingerprint density at radius 2 is 1.82 bits per heavy atom. The van der Waals surface area contributed by atoms with Crippen molar-refractivity contribution in [2.45, 2.75) is 38.3 Å². The van der Waals surface area contributed by atoms with Crippen LogP contribution in [0.1, 0.15) is 36.5 Å². The smallest absolute Gasteiger partial charge is 0.241 e. The number of amides is 3. The fourth-order valence-corrected chi connectivity index (χ4v) is 4.44. The van der Waals surface area contributed by atoms with Crippen molar-refractivity contribution < 1.29 is 18.8 Å². The van der Waals surface area contributed by atoms with Crippen molar-refractivity contribution in [3.8, 4) is 0 Å². The Morgan fingerprint density at radius 1 is 1.06 bits per heavy atom. The monoisotopic (exact) mass is 459 g/mol. The van der Waals surface area contributed by atoms with Crippen LogP contribution >= 0.6 is 0 Å². The number of halogens is 1. The first kappa shape index (κ1) is 23.3. The third-order valence-electron chi connectivity index (χ3n) is 6.25. The lowest BCUT2D eigenvalue weighted by molar-refractivity contribution is -0.143. The number of carbonyl (C=O) groups is 3. The summed E-state index contributed by atoms with van der Waals surface area (Å²) < 4.78 is 14.2. The zero-order valence-corrected chi connectivity index (χ0v) is 19.0. The van der Waals surface area contributed by atoms with E-state index in [0.29, 0.717) is 24.2 Å². The van der Waals surface area contributed by atoms with Gasteiger partial charge in [-0.25, -0.2) is 4.39 Å². The van der Waals surface area contributed by atoms with Crippen molar-refractivity contribution in [1.29, 1.82) is 0 Å². The van der Waals surface area contributed by atoms with Crippen molar-refractivity contribution in [3.05, 3.63) is 102 Å². The van der Waals surface area contributed by atoms with E-state index in [1.165, 1.54) is 18.2 Å². The number of hydrogen-bond acceptors (Lipinski definition) is 4. The molecule has 1 aromatic heterocycles. The number of nitrogens with zero attached hydrogens (tertiary/aromatic N) is 3. The van der Waals surface area contributed by atoms with Gasteiger partial charge in [-0.05, 0) is 41.8 Å². The lowest BCUT2D eigenvalue weighted by atomic mass is 9.75. The fourth-order valence-electron chi connectivity index (χ4n) is 4.44. The minimum absolute atomic E-state index is 0.0538. The maximum absolute atomic E-state index is 14.2. The van der Waals surface area contributed by atoms with Gasteiger partial charge in [0.05, 0.1) is 12.0 Å². The standard InChI is InChI=1S/C27H26FN3O3/c1-2-30(18-20-8-4-3-5-9-20)24(32)15-27(22-11-6-12-23(28)14-22)16-25(33)31(26(27)34)19-21-10-7-13-29-17-21/h3-14,17H,2,15-16,18-19H2,1H3/t27-/m0/s1. The predicted octanol–water partition coefficient (Wildman–Crippen LogP) is 3.86. The van der Waals surface area contributed by atoms with Crippen LogP contribution in [0.3, 0.4) is 0 Å². The minimum Gasteiger partial charge on any atom is -0.339 e. The van der Waals surface area contributed by atoms with Gasteiger partial charge in [0.15, 0.2) is 0 Å². The molecule has 1 aliphatic heterocycles. The molecular formula is C27H26FN3O3. The van der Waals surface area contributed by atoms with E-state index in [1.807, 2.05) is 37.3 Å². The average molecular weight is 460 g/mol. The number of carbonyl (C=O) groups excluding carboxylic acids is 3. The second-order valence-corrected chi connectivity index (χ2v) is 8.49. The first-order chi connectivity index (χ1) is 16.4. The third-order valence-corrected chi connectivity index (χ3v) is 6.25. The van der Waals surface area contributed by atoms with Crippen molar-refractivity contribution in [3.63, 3.8) is 0 Å². The molecule has 1 fully saturated rings. The number of aromatic nitrogens is 1. The molecule has 0 saturated carbocycles. The molecule has 0 spiro atoms. The molecule has 3 aromatic rings. The van der Waals surface area contributed by atoms with Crippen molar-refractivity contribution in [2.24, 2.45) is 0 Å². The SMILES string of the molecule is CCN(Cc1ccccc1)C(=O)C[C@@]1(c2cccc(F)c2)CC(=O)N(Cc2cccnc2)C1=O. The van der Waals surface area contributed by atoms with Gasteiger partial charge in [-0.2, -0.15) is 0 Å². The van der Waals surface area contributed by atoms with Gasteiger partial charge in [0.2, 0.25) is 17.7 Å². The van der Waals surface area contributed by atoms with Gasteiger partial charge in [-0.15, -0.1) is 0 Å². The summed E-state index contributed by atoms with van der Waals surface area (Å²) in [6.07, 6.45) is 2.79. The summed E-state index contributed by atoms with van der Waals surface area (Å²) in [5.74, 6) is -1.67. The van der Waals surface area contributed by atoms with Crippen LogP contribution in [0.4, 0.5) is 4.39 Å². The Kier molecular flexibility index (Phi) is 6.82. The number of pyridine rings is 1. The van der Waals surface area contributed by atoms with E-state index in [4.69, 9.17) is 0 Å². The number of imide groups is 1. The molecule has 0 unspecified atom stereocenters. The molecule has 0 aliphatic carbocycles. The maximum atomic E-state index is 14.2. The lowest BCUT2D eigenvalue weighted by Crippen LogP contribution is -2.43. The van der Waals surface area contributed by atoms with E-state index in [9.17, 15) is 18.8 Å². The van der Waals surface area contributed by atoms with Crippen LogP contribution in [-0.2, 0) is 32.9 Å². The van der Waals surface area contributed by atoms with Crippen molar-refractivity contribution in [1.82, 2.24) is 14.8 Å². The minimum atomic E-state index is -1.46. The molecule has 2 heterocycles. The van der Waals surface area contributed by atoms with Gasteiger partial charge in [-0.1, -0.05) is 48.5 Å². The van der Waals surface area contributed by atoms with E-state index >= 15 is 0 Å². The van der Waals surface area contributed by atoms with Crippen LogP contribution in [0.5, 0.6) is 0 Å². The van der Waals surface area contributed by atoms with Crippen LogP contribution in [0.15, 0.2) is 79.1 Å². The van der Waals surface area contributed by atoms with Gasteiger partial charge in [0.1, 0.15) is 5.82 Å². The molecule has 0 bridgehead atoms.